The normalized spacial score (nSPS) is 10.7. The first-order chi connectivity index (χ1) is 7.15. The SMILES string of the molecule is CC(C)c1cc(C(=O)NCCCN)no1. The highest BCUT2D eigenvalue weighted by molar-refractivity contribution is 5.92. The predicted octanol–water partition coefficient (Wildman–Crippen LogP) is 0.877. The van der Waals surface area contributed by atoms with E-state index in [0.29, 0.717) is 18.8 Å². The van der Waals surface area contributed by atoms with Gasteiger partial charge in [-0.3, -0.25) is 4.79 Å². The van der Waals surface area contributed by atoms with E-state index in [9.17, 15) is 4.79 Å². The van der Waals surface area contributed by atoms with Crippen LogP contribution in [0.15, 0.2) is 10.6 Å². The van der Waals surface area contributed by atoms with Crippen LogP contribution in [0.4, 0.5) is 0 Å². The van der Waals surface area contributed by atoms with Gasteiger partial charge in [-0.2, -0.15) is 0 Å². The Bertz CT molecular complexity index is 320. The Kier molecular flexibility index (Phi) is 4.30. The average Bonchev–Trinajstić information content (AvgIpc) is 2.66. The molecule has 0 fully saturated rings. The van der Waals surface area contributed by atoms with Crippen LogP contribution in [0.3, 0.4) is 0 Å². The maximum Gasteiger partial charge on any atom is 0.273 e. The molecule has 0 saturated heterocycles. The first kappa shape index (κ1) is 11.7. The third-order valence-corrected chi connectivity index (χ3v) is 2.00. The van der Waals surface area contributed by atoms with Crippen LogP contribution < -0.4 is 11.1 Å². The van der Waals surface area contributed by atoms with Crippen LogP contribution in [-0.2, 0) is 0 Å². The third kappa shape index (κ3) is 3.36. The lowest BCUT2D eigenvalue weighted by molar-refractivity contribution is 0.0944. The molecule has 3 N–H and O–H groups in total. The first-order valence-electron chi connectivity index (χ1n) is 5.10. The van der Waals surface area contributed by atoms with Gasteiger partial charge < -0.3 is 15.6 Å². The van der Waals surface area contributed by atoms with E-state index < -0.39 is 0 Å². The molecule has 15 heavy (non-hydrogen) atoms. The molecule has 1 aromatic rings. The van der Waals surface area contributed by atoms with Gasteiger partial charge in [0, 0.05) is 18.5 Å². The molecule has 0 spiro atoms. The van der Waals surface area contributed by atoms with Crippen molar-refractivity contribution in [2.24, 2.45) is 5.73 Å². The molecule has 1 aromatic heterocycles. The van der Waals surface area contributed by atoms with Gasteiger partial charge in [-0.15, -0.1) is 0 Å². The molecule has 1 heterocycles. The summed E-state index contributed by atoms with van der Waals surface area (Å²) in [7, 11) is 0. The number of aromatic nitrogens is 1. The summed E-state index contributed by atoms with van der Waals surface area (Å²) in [5, 5.41) is 6.41. The Labute approximate surface area is 89.0 Å². The Morgan fingerprint density at radius 1 is 1.67 bits per heavy atom. The highest BCUT2D eigenvalue weighted by Crippen LogP contribution is 2.14. The highest BCUT2D eigenvalue weighted by Gasteiger charge is 2.13. The van der Waals surface area contributed by atoms with Gasteiger partial charge in [0.15, 0.2) is 5.69 Å². The minimum atomic E-state index is -0.209. The number of nitrogens with one attached hydrogen (secondary N) is 1. The molecule has 0 aliphatic heterocycles. The lowest BCUT2D eigenvalue weighted by Crippen LogP contribution is -2.26. The fraction of sp³-hybridized carbons (Fsp3) is 0.600. The van der Waals surface area contributed by atoms with Crippen molar-refractivity contribution >= 4 is 5.91 Å². The predicted molar refractivity (Wildman–Crippen MR) is 56.6 cm³/mol. The molecule has 0 radical (unpaired) electrons. The average molecular weight is 211 g/mol. The van der Waals surface area contributed by atoms with Crippen LogP contribution in [0.2, 0.25) is 0 Å². The summed E-state index contributed by atoms with van der Waals surface area (Å²) in [6.45, 7) is 5.10. The maximum absolute atomic E-state index is 11.5. The van der Waals surface area contributed by atoms with Crippen molar-refractivity contribution in [3.05, 3.63) is 17.5 Å². The summed E-state index contributed by atoms with van der Waals surface area (Å²) in [6, 6.07) is 1.67. The number of rotatable bonds is 5. The summed E-state index contributed by atoms with van der Waals surface area (Å²) >= 11 is 0. The van der Waals surface area contributed by atoms with Crippen LogP contribution in [0.25, 0.3) is 0 Å². The highest BCUT2D eigenvalue weighted by atomic mass is 16.5. The number of carbonyl (C=O) groups excluding carboxylic acids is 1. The molecule has 84 valence electrons. The number of nitrogens with two attached hydrogens (primary N) is 1. The van der Waals surface area contributed by atoms with Gasteiger partial charge in [0.2, 0.25) is 0 Å². The van der Waals surface area contributed by atoms with Crippen LogP contribution in [0.5, 0.6) is 0 Å². The molecule has 5 nitrogen and oxygen atoms in total. The van der Waals surface area contributed by atoms with Crippen LogP contribution in [-0.4, -0.2) is 24.2 Å². The van der Waals surface area contributed by atoms with E-state index in [1.165, 1.54) is 0 Å². The van der Waals surface area contributed by atoms with Gasteiger partial charge >= 0.3 is 0 Å². The second-order valence-electron chi connectivity index (χ2n) is 3.67. The quantitative estimate of drug-likeness (QED) is 0.708. The third-order valence-electron chi connectivity index (χ3n) is 2.00. The fourth-order valence-electron chi connectivity index (χ4n) is 1.06. The zero-order chi connectivity index (χ0) is 11.3. The van der Waals surface area contributed by atoms with E-state index in [-0.39, 0.29) is 11.8 Å². The summed E-state index contributed by atoms with van der Waals surface area (Å²) in [5.74, 6) is 0.751. The largest absolute Gasteiger partial charge is 0.360 e. The van der Waals surface area contributed by atoms with Crippen molar-refractivity contribution in [1.29, 1.82) is 0 Å². The molecule has 0 aliphatic rings. The van der Waals surface area contributed by atoms with E-state index in [2.05, 4.69) is 10.5 Å². The second-order valence-corrected chi connectivity index (χ2v) is 3.67. The number of carbonyl (C=O) groups is 1. The Balaban J connectivity index is 2.51. The summed E-state index contributed by atoms with van der Waals surface area (Å²) < 4.78 is 5.02. The molecule has 5 heteroatoms. The van der Waals surface area contributed by atoms with Gasteiger partial charge in [-0.1, -0.05) is 19.0 Å². The topological polar surface area (TPSA) is 81.2 Å². The summed E-state index contributed by atoms with van der Waals surface area (Å²) in [4.78, 5) is 11.5. The minimum absolute atomic E-state index is 0.209. The summed E-state index contributed by atoms with van der Waals surface area (Å²) in [5.41, 5.74) is 5.64. The van der Waals surface area contributed by atoms with Gasteiger partial charge in [-0.05, 0) is 13.0 Å². The van der Waals surface area contributed by atoms with Crippen molar-refractivity contribution in [3.63, 3.8) is 0 Å². The molecule has 0 bridgehead atoms. The van der Waals surface area contributed by atoms with Crippen molar-refractivity contribution in [1.82, 2.24) is 10.5 Å². The van der Waals surface area contributed by atoms with Gasteiger partial charge in [0.1, 0.15) is 5.76 Å². The maximum atomic E-state index is 11.5. The number of amides is 1. The van der Waals surface area contributed by atoms with E-state index >= 15 is 0 Å². The van der Waals surface area contributed by atoms with Crippen molar-refractivity contribution < 1.29 is 9.32 Å². The zero-order valence-electron chi connectivity index (χ0n) is 9.12. The molecule has 1 amide bonds. The van der Waals surface area contributed by atoms with Crippen molar-refractivity contribution in [2.75, 3.05) is 13.1 Å². The minimum Gasteiger partial charge on any atom is -0.360 e. The molecular formula is C10H17N3O2. The fourth-order valence-corrected chi connectivity index (χ4v) is 1.06. The lowest BCUT2D eigenvalue weighted by atomic mass is 10.1. The molecule has 0 aliphatic carbocycles. The van der Waals surface area contributed by atoms with E-state index in [0.717, 1.165) is 12.2 Å². The standard InChI is InChI=1S/C10H17N3O2/c1-7(2)9-6-8(13-15-9)10(14)12-5-3-4-11/h6-7H,3-5,11H2,1-2H3,(H,12,14). The van der Waals surface area contributed by atoms with E-state index in [1.807, 2.05) is 13.8 Å². The molecule has 0 aromatic carbocycles. The molecule has 1 rings (SSSR count). The van der Waals surface area contributed by atoms with E-state index in [1.54, 1.807) is 6.07 Å². The molecule has 0 atom stereocenters. The van der Waals surface area contributed by atoms with Gasteiger partial charge in [-0.25, -0.2) is 0 Å². The van der Waals surface area contributed by atoms with Gasteiger partial charge in [0.05, 0.1) is 0 Å². The first-order valence-corrected chi connectivity index (χ1v) is 5.10. The van der Waals surface area contributed by atoms with E-state index in [4.69, 9.17) is 10.3 Å². The smallest absolute Gasteiger partial charge is 0.273 e. The van der Waals surface area contributed by atoms with Crippen molar-refractivity contribution in [2.45, 2.75) is 26.2 Å². The van der Waals surface area contributed by atoms with Crippen LogP contribution in [0, 0.1) is 0 Å². The molecule has 0 saturated carbocycles. The number of hydrogen-bond acceptors (Lipinski definition) is 4. The van der Waals surface area contributed by atoms with Gasteiger partial charge in [0.25, 0.3) is 5.91 Å². The lowest BCUT2D eigenvalue weighted by Gasteiger charge is -1.99. The Morgan fingerprint density at radius 2 is 2.40 bits per heavy atom. The van der Waals surface area contributed by atoms with Crippen LogP contribution >= 0.6 is 0 Å². The second kappa shape index (κ2) is 5.50. The van der Waals surface area contributed by atoms with Crippen LogP contribution in [0.1, 0.15) is 42.4 Å². The summed E-state index contributed by atoms with van der Waals surface area (Å²) in [6.07, 6.45) is 0.765. The zero-order valence-corrected chi connectivity index (χ0v) is 9.12. The number of hydrogen-bond donors (Lipinski definition) is 2. The monoisotopic (exact) mass is 211 g/mol. The van der Waals surface area contributed by atoms with Crippen molar-refractivity contribution in [3.8, 4) is 0 Å². The Hall–Kier alpha value is -1.36. The molecular weight excluding hydrogens is 194 g/mol. The molecule has 0 unspecified atom stereocenters. The number of nitrogens with zero attached hydrogens (tertiary/aromatic N) is 1. The Morgan fingerprint density at radius 3 is 2.93 bits per heavy atom.